The standard InChI is InChI=1S/C24H27N3O2/c1-17-15-20(11-12-21(17)26-23(29)24(2,3)4)25-22(28)19-9-7-18(8-10-19)16-27-13-5-6-14-27/h5-15H,16H2,1-4H3,(H,25,28)(H,26,29). The third-order valence-electron chi connectivity index (χ3n) is 4.66. The van der Waals surface area contributed by atoms with Crippen molar-refractivity contribution in [3.63, 3.8) is 0 Å². The van der Waals surface area contributed by atoms with Crippen molar-refractivity contribution >= 4 is 23.2 Å². The van der Waals surface area contributed by atoms with E-state index in [0.29, 0.717) is 11.3 Å². The molecule has 0 fully saturated rings. The highest BCUT2D eigenvalue weighted by molar-refractivity contribution is 6.04. The molecule has 0 atom stereocenters. The Labute approximate surface area is 171 Å². The van der Waals surface area contributed by atoms with Crippen molar-refractivity contribution in [2.24, 2.45) is 5.41 Å². The lowest BCUT2D eigenvalue weighted by Crippen LogP contribution is -2.27. The number of aromatic nitrogens is 1. The Hall–Kier alpha value is -3.34. The number of aryl methyl sites for hydroxylation is 1. The molecule has 1 aromatic heterocycles. The monoisotopic (exact) mass is 389 g/mol. The Balaban J connectivity index is 1.64. The molecule has 0 aliphatic rings. The molecule has 0 saturated heterocycles. The molecule has 0 aliphatic carbocycles. The van der Waals surface area contributed by atoms with E-state index in [-0.39, 0.29) is 11.8 Å². The summed E-state index contributed by atoms with van der Waals surface area (Å²) in [5, 5.41) is 5.85. The zero-order chi connectivity index (χ0) is 21.0. The molecule has 150 valence electrons. The van der Waals surface area contributed by atoms with Crippen LogP contribution in [-0.2, 0) is 11.3 Å². The summed E-state index contributed by atoms with van der Waals surface area (Å²) in [5.41, 5.74) is 3.60. The average molecular weight is 389 g/mol. The fourth-order valence-electron chi connectivity index (χ4n) is 2.84. The fourth-order valence-corrected chi connectivity index (χ4v) is 2.84. The highest BCUT2D eigenvalue weighted by Crippen LogP contribution is 2.23. The zero-order valence-electron chi connectivity index (χ0n) is 17.3. The molecule has 3 rings (SSSR count). The number of rotatable bonds is 5. The van der Waals surface area contributed by atoms with Crippen molar-refractivity contribution in [2.75, 3.05) is 10.6 Å². The van der Waals surface area contributed by atoms with Crippen LogP contribution < -0.4 is 10.6 Å². The second-order valence-corrected chi connectivity index (χ2v) is 8.24. The molecule has 2 aromatic carbocycles. The maximum absolute atomic E-state index is 12.6. The van der Waals surface area contributed by atoms with Gasteiger partial charge >= 0.3 is 0 Å². The van der Waals surface area contributed by atoms with E-state index < -0.39 is 5.41 Å². The maximum Gasteiger partial charge on any atom is 0.255 e. The molecule has 3 aromatic rings. The number of nitrogens with one attached hydrogen (secondary N) is 2. The van der Waals surface area contributed by atoms with E-state index in [1.807, 2.05) is 88.6 Å². The predicted molar refractivity (Wildman–Crippen MR) is 117 cm³/mol. The van der Waals surface area contributed by atoms with E-state index in [0.717, 1.165) is 23.4 Å². The van der Waals surface area contributed by atoms with E-state index in [4.69, 9.17) is 0 Å². The Kier molecular flexibility index (Phi) is 5.87. The molecule has 0 spiro atoms. The van der Waals surface area contributed by atoms with E-state index in [2.05, 4.69) is 15.2 Å². The molecule has 0 bridgehead atoms. The topological polar surface area (TPSA) is 63.1 Å². The minimum atomic E-state index is -0.465. The molecule has 1 heterocycles. The van der Waals surface area contributed by atoms with Crippen LogP contribution in [-0.4, -0.2) is 16.4 Å². The van der Waals surface area contributed by atoms with Crippen molar-refractivity contribution in [3.8, 4) is 0 Å². The van der Waals surface area contributed by atoms with Crippen LogP contribution in [0.2, 0.25) is 0 Å². The zero-order valence-corrected chi connectivity index (χ0v) is 17.3. The third-order valence-corrected chi connectivity index (χ3v) is 4.66. The normalized spacial score (nSPS) is 11.2. The molecule has 5 heteroatoms. The van der Waals surface area contributed by atoms with Gasteiger partial charge in [0.15, 0.2) is 0 Å². The van der Waals surface area contributed by atoms with Gasteiger partial charge in [0.05, 0.1) is 0 Å². The van der Waals surface area contributed by atoms with Crippen molar-refractivity contribution < 1.29 is 9.59 Å². The summed E-state index contributed by atoms with van der Waals surface area (Å²) in [6.45, 7) is 8.29. The van der Waals surface area contributed by atoms with Gasteiger partial charge in [0.25, 0.3) is 5.91 Å². The van der Waals surface area contributed by atoms with Crippen LogP contribution in [0.25, 0.3) is 0 Å². The lowest BCUT2D eigenvalue weighted by molar-refractivity contribution is -0.123. The highest BCUT2D eigenvalue weighted by atomic mass is 16.2. The Morgan fingerprint density at radius 1 is 0.931 bits per heavy atom. The fraction of sp³-hybridized carbons (Fsp3) is 0.250. The summed E-state index contributed by atoms with van der Waals surface area (Å²) in [5.74, 6) is -0.208. The minimum absolute atomic E-state index is 0.0441. The summed E-state index contributed by atoms with van der Waals surface area (Å²) in [6.07, 6.45) is 4.02. The molecular weight excluding hydrogens is 362 g/mol. The van der Waals surface area contributed by atoms with E-state index in [9.17, 15) is 9.59 Å². The van der Waals surface area contributed by atoms with Crippen molar-refractivity contribution in [2.45, 2.75) is 34.2 Å². The van der Waals surface area contributed by atoms with Gasteiger partial charge in [-0.1, -0.05) is 32.9 Å². The molecule has 2 amide bonds. The number of amides is 2. The van der Waals surface area contributed by atoms with Crippen LogP contribution in [0.5, 0.6) is 0 Å². The van der Waals surface area contributed by atoms with Gasteiger partial charge in [-0.25, -0.2) is 0 Å². The molecule has 5 nitrogen and oxygen atoms in total. The molecular formula is C24H27N3O2. The van der Waals surface area contributed by atoms with Gasteiger partial charge in [0.1, 0.15) is 0 Å². The van der Waals surface area contributed by atoms with Gasteiger partial charge < -0.3 is 15.2 Å². The second-order valence-electron chi connectivity index (χ2n) is 8.24. The number of benzene rings is 2. The number of hydrogen-bond donors (Lipinski definition) is 2. The summed E-state index contributed by atoms with van der Waals surface area (Å²) >= 11 is 0. The number of anilines is 2. The van der Waals surface area contributed by atoms with Gasteiger partial charge in [-0.3, -0.25) is 9.59 Å². The lowest BCUT2D eigenvalue weighted by atomic mass is 9.95. The first-order valence-electron chi connectivity index (χ1n) is 9.65. The number of hydrogen-bond acceptors (Lipinski definition) is 2. The predicted octanol–water partition coefficient (Wildman–Crippen LogP) is 5.08. The van der Waals surface area contributed by atoms with Gasteiger partial charge in [0, 0.05) is 41.3 Å². The Morgan fingerprint density at radius 3 is 2.17 bits per heavy atom. The van der Waals surface area contributed by atoms with E-state index >= 15 is 0 Å². The van der Waals surface area contributed by atoms with Crippen molar-refractivity contribution in [3.05, 3.63) is 83.7 Å². The Morgan fingerprint density at radius 2 is 1.59 bits per heavy atom. The molecule has 0 unspecified atom stereocenters. The van der Waals surface area contributed by atoms with Crippen LogP contribution in [0.15, 0.2) is 67.0 Å². The van der Waals surface area contributed by atoms with E-state index in [1.54, 1.807) is 6.07 Å². The van der Waals surface area contributed by atoms with Crippen molar-refractivity contribution in [1.29, 1.82) is 0 Å². The molecule has 0 saturated carbocycles. The average Bonchev–Trinajstić information content (AvgIpc) is 3.16. The molecule has 29 heavy (non-hydrogen) atoms. The lowest BCUT2D eigenvalue weighted by Gasteiger charge is -2.19. The summed E-state index contributed by atoms with van der Waals surface area (Å²) in [7, 11) is 0. The van der Waals surface area contributed by atoms with Crippen molar-refractivity contribution in [1.82, 2.24) is 4.57 Å². The molecule has 0 radical (unpaired) electrons. The third kappa shape index (κ3) is 5.35. The number of carbonyl (C=O) groups is 2. The molecule has 0 aliphatic heterocycles. The van der Waals surface area contributed by atoms with Crippen LogP contribution >= 0.6 is 0 Å². The first kappa shape index (κ1) is 20.4. The minimum Gasteiger partial charge on any atom is -0.350 e. The largest absolute Gasteiger partial charge is 0.350 e. The van der Waals surface area contributed by atoms with Crippen LogP contribution in [0.3, 0.4) is 0 Å². The smallest absolute Gasteiger partial charge is 0.255 e. The van der Waals surface area contributed by atoms with Gasteiger partial charge in [-0.05, 0) is 60.5 Å². The number of carbonyl (C=O) groups excluding carboxylic acids is 2. The number of nitrogens with zero attached hydrogens (tertiary/aromatic N) is 1. The summed E-state index contributed by atoms with van der Waals surface area (Å²) in [4.78, 5) is 24.7. The Bertz CT molecular complexity index is 998. The van der Waals surface area contributed by atoms with Gasteiger partial charge in [0.2, 0.25) is 5.91 Å². The summed E-state index contributed by atoms with van der Waals surface area (Å²) < 4.78 is 2.08. The first-order valence-corrected chi connectivity index (χ1v) is 9.65. The SMILES string of the molecule is Cc1cc(NC(=O)c2ccc(Cn3cccc3)cc2)ccc1NC(=O)C(C)(C)C. The second kappa shape index (κ2) is 8.35. The summed E-state index contributed by atoms with van der Waals surface area (Å²) in [6, 6.07) is 17.0. The first-order chi connectivity index (χ1) is 13.7. The van der Waals surface area contributed by atoms with Crippen LogP contribution in [0.4, 0.5) is 11.4 Å². The van der Waals surface area contributed by atoms with Gasteiger partial charge in [-0.15, -0.1) is 0 Å². The van der Waals surface area contributed by atoms with E-state index in [1.165, 1.54) is 0 Å². The maximum atomic E-state index is 12.6. The van der Waals surface area contributed by atoms with Gasteiger partial charge in [-0.2, -0.15) is 0 Å². The quantitative estimate of drug-likeness (QED) is 0.639. The van der Waals surface area contributed by atoms with Crippen LogP contribution in [0.1, 0.15) is 42.3 Å². The highest BCUT2D eigenvalue weighted by Gasteiger charge is 2.21. The van der Waals surface area contributed by atoms with Crippen LogP contribution in [0, 0.1) is 12.3 Å². The molecule has 2 N–H and O–H groups in total.